The Balaban J connectivity index is 0.00000196. The van der Waals surface area contributed by atoms with E-state index in [1.165, 1.54) is 38.6 Å². The van der Waals surface area contributed by atoms with Crippen molar-refractivity contribution < 1.29 is 58.2 Å². The number of fused-ring (bicyclic) bond motifs is 1. The molecule has 1 aromatic carbocycles. The van der Waals surface area contributed by atoms with Crippen LogP contribution in [0, 0.1) is 0 Å². The summed E-state index contributed by atoms with van der Waals surface area (Å²) in [5, 5.41) is 0.195. The minimum Gasteiger partial charge on any atom is -1.00 e. The molecule has 0 aliphatic carbocycles. The van der Waals surface area contributed by atoms with Gasteiger partial charge in [-0.2, -0.15) is 8.78 Å². The summed E-state index contributed by atoms with van der Waals surface area (Å²) in [7, 11) is 1.41. The number of imidazole rings is 1. The number of alkyl halides is 2. The van der Waals surface area contributed by atoms with Crippen molar-refractivity contribution in [1.82, 2.24) is 15.0 Å². The third-order valence-electron chi connectivity index (χ3n) is 3.51. The number of hydrogen-bond acceptors (Lipinski definition) is 6. The quantitative estimate of drug-likeness (QED) is 0.555. The molecule has 0 radical (unpaired) electrons. The van der Waals surface area contributed by atoms with E-state index < -0.39 is 17.4 Å². The van der Waals surface area contributed by atoms with E-state index in [1.807, 2.05) is 0 Å². The molecule has 0 saturated heterocycles. The van der Waals surface area contributed by atoms with E-state index >= 15 is 0 Å². The number of benzene rings is 1. The minimum atomic E-state index is -2.92. The molecule has 3 rings (SSSR count). The first-order chi connectivity index (χ1) is 12.5. The Kier molecular flexibility index (Phi) is 7.54. The van der Waals surface area contributed by atoms with Crippen LogP contribution in [-0.2, 0) is 16.6 Å². The van der Waals surface area contributed by atoms with E-state index in [0.717, 1.165) is 0 Å². The van der Waals surface area contributed by atoms with Gasteiger partial charge in [0.25, 0.3) is 0 Å². The van der Waals surface area contributed by atoms with E-state index in [0.29, 0.717) is 28.2 Å². The van der Waals surface area contributed by atoms with Gasteiger partial charge >= 0.3 is 36.2 Å². The van der Waals surface area contributed by atoms with Gasteiger partial charge in [-0.1, -0.05) is 0 Å². The summed E-state index contributed by atoms with van der Waals surface area (Å²) in [6.45, 7) is -2.92. The van der Waals surface area contributed by atoms with Crippen LogP contribution >= 0.6 is 0 Å². The molecule has 1 N–H and O–H groups in total. The second-order valence-corrected chi connectivity index (χ2v) is 6.45. The number of hydrogen-bond donors (Lipinski definition) is 1. The number of pyridine rings is 1. The summed E-state index contributed by atoms with van der Waals surface area (Å²) in [6.07, 6.45) is 1.53. The normalized spacial score (nSPS) is 11.9. The molecule has 0 spiro atoms. The van der Waals surface area contributed by atoms with Crippen molar-refractivity contribution in [1.29, 1.82) is 0 Å². The Morgan fingerprint density at radius 3 is 2.70 bits per heavy atom. The Morgan fingerprint density at radius 2 is 2.04 bits per heavy atom. The van der Waals surface area contributed by atoms with Crippen LogP contribution < -0.4 is 43.8 Å². The maximum Gasteiger partial charge on any atom is 1.00 e. The van der Waals surface area contributed by atoms with Crippen molar-refractivity contribution in [2.75, 3.05) is 14.2 Å². The predicted octanol–water partition coefficient (Wildman–Crippen LogP) is 0.000800. The van der Waals surface area contributed by atoms with Gasteiger partial charge in [-0.15, -0.1) is 0 Å². The van der Waals surface area contributed by atoms with E-state index in [2.05, 4.69) is 19.7 Å². The number of halogens is 2. The predicted molar refractivity (Wildman–Crippen MR) is 91.3 cm³/mol. The van der Waals surface area contributed by atoms with Crippen molar-refractivity contribution in [3.8, 4) is 17.2 Å². The zero-order valence-electron chi connectivity index (χ0n) is 15.9. The van der Waals surface area contributed by atoms with Gasteiger partial charge in [-0.3, -0.25) is 9.19 Å². The number of nitrogens with one attached hydrogen (secondary N) is 1. The number of nitrogens with zero attached hydrogens (tertiary/aromatic N) is 2. The van der Waals surface area contributed by atoms with Gasteiger partial charge in [-0.25, -0.2) is 4.98 Å². The van der Waals surface area contributed by atoms with Gasteiger partial charge in [0, 0.05) is 18.3 Å². The fourth-order valence-electron chi connectivity index (χ4n) is 2.40. The van der Waals surface area contributed by atoms with Crippen molar-refractivity contribution >= 4 is 21.8 Å². The third kappa shape index (κ3) is 4.95. The van der Waals surface area contributed by atoms with E-state index in [4.69, 9.17) is 9.47 Å². The fourth-order valence-corrected chi connectivity index (χ4v) is 3.41. The van der Waals surface area contributed by atoms with Gasteiger partial charge in [0.05, 0.1) is 47.5 Å². The zero-order chi connectivity index (χ0) is 18.7. The largest absolute Gasteiger partial charge is 1.00 e. The molecule has 0 fully saturated rings. The molecule has 0 unspecified atom stereocenters. The summed E-state index contributed by atoms with van der Waals surface area (Å²) < 4.78 is 52.1. The van der Waals surface area contributed by atoms with Crippen LogP contribution in [0.25, 0.3) is 11.0 Å². The Morgan fingerprint density at radius 1 is 1.26 bits per heavy atom. The van der Waals surface area contributed by atoms with Crippen LogP contribution in [0.3, 0.4) is 0 Å². The Labute approximate surface area is 179 Å². The molecule has 0 aliphatic heterocycles. The zero-order valence-corrected chi connectivity index (χ0v) is 17.7. The molecule has 27 heavy (non-hydrogen) atoms. The fraction of sp³-hybridized carbons (Fsp3) is 0.250. The number of methoxy groups -OCH3 is 2. The van der Waals surface area contributed by atoms with Crippen LogP contribution in [-0.4, -0.2) is 40.0 Å². The number of aromatic nitrogens is 3. The first-order valence-corrected chi connectivity index (χ1v) is 8.72. The van der Waals surface area contributed by atoms with Crippen molar-refractivity contribution in [2.24, 2.45) is 0 Å². The average Bonchev–Trinajstić information content (AvgIpc) is 3.04. The van der Waals surface area contributed by atoms with Crippen LogP contribution in [0.15, 0.2) is 35.6 Å². The molecule has 0 aliphatic rings. The Hall–Kier alpha value is -1.75. The molecule has 1 atom stereocenters. The van der Waals surface area contributed by atoms with Gasteiger partial charge < -0.3 is 20.6 Å². The van der Waals surface area contributed by atoms with Crippen LogP contribution in [0.2, 0.25) is 0 Å². The number of ether oxygens (including phenoxy) is 3. The molecule has 3 aromatic rings. The summed E-state index contributed by atoms with van der Waals surface area (Å²) in [4.78, 5) is 11.3. The van der Waals surface area contributed by atoms with Crippen molar-refractivity contribution in [2.45, 2.75) is 17.5 Å². The number of H-pyrrole nitrogens is 1. The van der Waals surface area contributed by atoms with Gasteiger partial charge in [0.2, 0.25) is 0 Å². The molecule has 0 amide bonds. The average molecular weight is 407 g/mol. The SMILES string of the molecule is COc1ccnc(C[S@](=O)c2nc3ccc(OC(F)F)cc3[nH]2)c1OC.[H-].[Na+]. The van der Waals surface area contributed by atoms with Gasteiger partial charge in [0.1, 0.15) is 5.75 Å². The third-order valence-corrected chi connectivity index (χ3v) is 4.67. The molecule has 0 bridgehead atoms. The standard InChI is InChI=1S/C16H15F2N3O4S.Na.H/c1-23-13-5-6-19-12(14(13)24-2)8-26(22)16-20-10-4-3-9(25-15(17)18)7-11(10)21-16;;/h3-7,15H,8H2,1-2H3,(H,20,21);;/q;+1;-1/t26-;;/m0../s1. The van der Waals surface area contributed by atoms with Crippen molar-refractivity contribution in [3.63, 3.8) is 0 Å². The van der Waals surface area contributed by atoms with E-state index in [-0.39, 0.29) is 47.6 Å². The molecule has 7 nitrogen and oxygen atoms in total. The minimum absolute atomic E-state index is 0. The number of rotatable bonds is 7. The summed E-state index contributed by atoms with van der Waals surface area (Å²) in [5.41, 5.74) is 1.38. The monoisotopic (exact) mass is 407 g/mol. The molecule has 0 saturated carbocycles. The molecular formula is C16H16F2N3NaO4S. The smallest absolute Gasteiger partial charge is 1.00 e. The van der Waals surface area contributed by atoms with Gasteiger partial charge in [0.15, 0.2) is 16.7 Å². The van der Waals surface area contributed by atoms with Crippen LogP contribution in [0.1, 0.15) is 7.12 Å². The first-order valence-electron chi connectivity index (χ1n) is 7.40. The summed E-state index contributed by atoms with van der Waals surface area (Å²) in [5.74, 6) is 0.908. The van der Waals surface area contributed by atoms with Gasteiger partial charge in [-0.05, 0) is 12.1 Å². The van der Waals surface area contributed by atoms with Crippen LogP contribution in [0.4, 0.5) is 8.78 Å². The summed E-state index contributed by atoms with van der Waals surface area (Å²) in [6, 6.07) is 5.89. The molecule has 2 aromatic heterocycles. The second-order valence-electron chi connectivity index (χ2n) is 5.08. The summed E-state index contributed by atoms with van der Waals surface area (Å²) >= 11 is 0. The molecule has 11 heteroatoms. The topological polar surface area (TPSA) is 86.3 Å². The maximum atomic E-state index is 12.6. The maximum absolute atomic E-state index is 12.6. The molecule has 140 valence electrons. The first kappa shape index (κ1) is 21.5. The van der Waals surface area contributed by atoms with Crippen LogP contribution in [0.5, 0.6) is 17.2 Å². The van der Waals surface area contributed by atoms with E-state index in [1.54, 1.807) is 6.07 Å². The molecular weight excluding hydrogens is 391 g/mol. The van der Waals surface area contributed by atoms with Crippen molar-refractivity contribution in [3.05, 3.63) is 36.2 Å². The molecule has 2 heterocycles. The van der Waals surface area contributed by atoms with E-state index in [9.17, 15) is 13.0 Å². The number of aromatic amines is 1. The Bertz CT molecular complexity index is 961. The second kappa shape index (κ2) is 9.45.